The van der Waals surface area contributed by atoms with Crippen LogP contribution >= 0.6 is 0 Å². The fraction of sp³-hybridized carbons (Fsp3) is 1.00. The van der Waals surface area contributed by atoms with E-state index in [1.54, 1.807) is 7.05 Å². The third-order valence-corrected chi connectivity index (χ3v) is 0.618. The lowest BCUT2D eigenvalue weighted by Gasteiger charge is -2.05. The molecule has 2 nitrogen and oxygen atoms in total. The maximum atomic E-state index is 11.1. The summed E-state index contributed by atoms with van der Waals surface area (Å²) in [6, 6.07) is 0. The molecule has 0 radical (unpaired) electrons. The summed E-state index contributed by atoms with van der Waals surface area (Å²) in [5.74, 6) is 0. The average molecular weight is 173 g/mol. The van der Waals surface area contributed by atoms with E-state index in [1.165, 1.54) is 0 Å². The maximum absolute atomic E-state index is 11.1. The summed E-state index contributed by atoms with van der Waals surface area (Å²) in [7, 11) is 1.56. The molecule has 1 N–H and O–H groups in total. The monoisotopic (exact) mass is 173 g/mol. The van der Waals surface area contributed by atoms with Gasteiger partial charge in [0.2, 0.25) is 0 Å². The number of alkyl halides is 3. The first kappa shape index (κ1) is 13.3. The smallest absolute Gasteiger partial charge is 0.317 e. The Hall–Kier alpha value is -0.290. The van der Waals surface area contributed by atoms with Crippen molar-refractivity contribution in [2.75, 3.05) is 20.2 Å². The molecule has 0 atom stereocenters. The highest BCUT2D eigenvalue weighted by atomic mass is 19.4. The average Bonchev–Trinajstić information content (AvgIpc) is 1.90. The van der Waals surface area contributed by atoms with E-state index in [0.717, 1.165) is 0 Å². The molecular weight excluding hydrogens is 159 g/mol. The number of hydrogen-bond donors (Lipinski definition) is 1. The van der Waals surface area contributed by atoms with E-state index in [1.807, 2.05) is 13.8 Å². The van der Waals surface area contributed by atoms with Crippen molar-refractivity contribution >= 4 is 0 Å². The summed E-state index contributed by atoms with van der Waals surface area (Å²) in [5, 5.41) is 2.52. The van der Waals surface area contributed by atoms with Crippen LogP contribution in [-0.2, 0) is 4.74 Å². The molecule has 0 aromatic heterocycles. The zero-order chi connectivity index (χ0) is 9.33. The highest BCUT2D eigenvalue weighted by molar-refractivity contribution is 4.35. The van der Waals surface area contributed by atoms with E-state index in [2.05, 4.69) is 10.1 Å². The molecule has 0 amide bonds. The lowest BCUT2D eigenvalue weighted by molar-refractivity contribution is -0.323. The molecule has 0 saturated heterocycles. The summed E-state index contributed by atoms with van der Waals surface area (Å²) in [4.78, 5) is 0. The van der Waals surface area contributed by atoms with Gasteiger partial charge in [0.15, 0.2) is 0 Å². The van der Waals surface area contributed by atoms with Crippen LogP contribution in [0.2, 0.25) is 0 Å². The highest BCUT2D eigenvalue weighted by Crippen LogP contribution is 2.14. The van der Waals surface area contributed by atoms with Gasteiger partial charge in [-0.3, -0.25) is 4.74 Å². The Balaban J connectivity index is 0. The molecule has 0 aromatic rings. The Labute approximate surface area is 64.7 Å². The largest absolute Gasteiger partial charge is 0.522 e. The third kappa shape index (κ3) is 17.7. The van der Waals surface area contributed by atoms with Gasteiger partial charge in [0.1, 0.15) is 0 Å². The number of likely N-dealkylation sites (N-methyl/N-ethyl adjacent to an activating group) is 1. The fourth-order valence-electron chi connectivity index (χ4n) is 0.269. The molecule has 11 heavy (non-hydrogen) atoms. The molecule has 5 heteroatoms. The van der Waals surface area contributed by atoms with Crippen LogP contribution in [0.1, 0.15) is 13.8 Å². The summed E-state index contributed by atoms with van der Waals surface area (Å²) < 4.78 is 36.8. The van der Waals surface area contributed by atoms with Crippen LogP contribution in [0.3, 0.4) is 0 Å². The Bertz CT molecular complexity index is 74.7. The lowest BCUT2D eigenvalue weighted by Crippen LogP contribution is -2.21. The molecule has 0 rings (SSSR count). The maximum Gasteiger partial charge on any atom is 0.522 e. The summed E-state index contributed by atoms with van der Waals surface area (Å²) in [6.45, 7) is 3.87. The van der Waals surface area contributed by atoms with Gasteiger partial charge < -0.3 is 5.32 Å². The second kappa shape index (κ2) is 7.81. The van der Waals surface area contributed by atoms with Gasteiger partial charge in [-0.25, -0.2) is 0 Å². The van der Waals surface area contributed by atoms with Gasteiger partial charge in [-0.2, -0.15) is 0 Å². The van der Waals surface area contributed by atoms with E-state index < -0.39 is 6.36 Å². The number of hydrogen-bond acceptors (Lipinski definition) is 2. The Morgan fingerprint density at radius 3 is 2.00 bits per heavy atom. The van der Waals surface area contributed by atoms with Crippen LogP contribution < -0.4 is 5.32 Å². The molecule has 0 aliphatic rings. The quantitative estimate of drug-likeness (QED) is 0.657. The number of nitrogens with one attached hydrogen (secondary N) is 1. The zero-order valence-corrected chi connectivity index (χ0v) is 6.96. The van der Waals surface area contributed by atoms with Gasteiger partial charge in [0.25, 0.3) is 0 Å². The first-order valence-corrected chi connectivity index (χ1v) is 3.41. The van der Waals surface area contributed by atoms with Crippen molar-refractivity contribution in [3.05, 3.63) is 0 Å². The second-order valence-electron chi connectivity index (χ2n) is 1.40. The van der Waals surface area contributed by atoms with E-state index in [0.29, 0.717) is 0 Å². The minimum absolute atomic E-state index is 0.208. The molecule has 0 bridgehead atoms. The molecule has 0 aliphatic heterocycles. The third-order valence-electron chi connectivity index (χ3n) is 0.618. The molecule has 0 saturated carbocycles. The van der Waals surface area contributed by atoms with Crippen LogP contribution in [0, 0.1) is 0 Å². The molecule has 70 valence electrons. The van der Waals surface area contributed by atoms with Gasteiger partial charge in [0.05, 0.1) is 6.61 Å². The predicted octanol–water partition coefficient (Wildman–Crippen LogP) is 1.77. The normalized spacial score (nSPS) is 10.4. The van der Waals surface area contributed by atoms with Gasteiger partial charge in [0, 0.05) is 6.54 Å². The van der Waals surface area contributed by atoms with Crippen molar-refractivity contribution in [2.45, 2.75) is 20.2 Å². The van der Waals surface area contributed by atoms with Crippen LogP contribution in [0.4, 0.5) is 13.2 Å². The van der Waals surface area contributed by atoms with E-state index in [9.17, 15) is 13.2 Å². The van der Waals surface area contributed by atoms with Crippen molar-refractivity contribution in [2.24, 2.45) is 0 Å². The first-order chi connectivity index (χ1) is 5.06. The van der Waals surface area contributed by atoms with Crippen molar-refractivity contribution < 1.29 is 17.9 Å². The summed E-state index contributed by atoms with van der Waals surface area (Å²) in [5.41, 5.74) is 0. The lowest BCUT2D eigenvalue weighted by atomic mass is 10.7. The first-order valence-electron chi connectivity index (χ1n) is 3.41. The summed E-state index contributed by atoms with van der Waals surface area (Å²) in [6.07, 6.45) is -4.49. The molecule has 0 heterocycles. The summed E-state index contributed by atoms with van der Waals surface area (Å²) >= 11 is 0. The van der Waals surface area contributed by atoms with Crippen LogP contribution in [-0.4, -0.2) is 26.6 Å². The van der Waals surface area contributed by atoms with E-state index >= 15 is 0 Å². The Kier molecular flexibility index (Phi) is 9.45. The fourth-order valence-corrected chi connectivity index (χ4v) is 0.269. The Morgan fingerprint density at radius 1 is 1.27 bits per heavy atom. The Morgan fingerprint density at radius 2 is 1.73 bits per heavy atom. The predicted molar refractivity (Wildman–Crippen MR) is 37.3 cm³/mol. The van der Waals surface area contributed by atoms with E-state index in [4.69, 9.17) is 0 Å². The van der Waals surface area contributed by atoms with Crippen molar-refractivity contribution in [3.63, 3.8) is 0 Å². The second-order valence-corrected chi connectivity index (χ2v) is 1.40. The van der Waals surface area contributed by atoms with Crippen LogP contribution in [0.25, 0.3) is 0 Å². The van der Waals surface area contributed by atoms with Gasteiger partial charge >= 0.3 is 6.36 Å². The zero-order valence-electron chi connectivity index (χ0n) is 6.96. The van der Waals surface area contributed by atoms with Gasteiger partial charge in [-0.1, -0.05) is 13.8 Å². The van der Waals surface area contributed by atoms with Crippen molar-refractivity contribution in [1.29, 1.82) is 0 Å². The molecule has 0 spiro atoms. The van der Waals surface area contributed by atoms with Gasteiger partial charge in [-0.15, -0.1) is 13.2 Å². The molecular formula is C6H14F3NO. The topological polar surface area (TPSA) is 21.3 Å². The molecule has 0 fully saturated rings. The van der Waals surface area contributed by atoms with Crippen molar-refractivity contribution in [3.8, 4) is 0 Å². The number of halogens is 3. The standard InChI is InChI=1S/C4H8F3NO.C2H6/c1-8-2-3-9-4(5,6)7;1-2/h8H,2-3H2,1H3;1-2H3. The minimum atomic E-state index is -4.49. The van der Waals surface area contributed by atoms with Crippen LogP contribution in [0.15, 0.2) is 0 Å². The minimum Gasteiger partial charge on any atom is -0.317 e. The van der Waals surface area contributed by atoms with Crippen LogP contribution in [0.5, 0.6) is 0 Å². The SMILES string of the molecule is CC.CNCCOC(F)(F)F. The molecule has 0 unspecified atom stereocenters. The van der Waals surface area contributed by atoms with Crippen molar-refractivity contribution in [1.82, 2.24) is 5.32 Å². The molecule has 0 aromatic carbocycles. The van der Waals surface area contributed by atoms with E-state index in [-0.39, 0.29) is 13.2 Å². The number of ether oxygens (including phenoxy) is 1. The molecule has 0 aliphatic carbocycles. The van der Waals surface area contributed by atoms with Gasteiger partial charge in [-0.05, 0) is 7.05 Å². The number of rotatable bonds is 3. The highest BCUT2D eigenvalue weighted by Gasteiger charge is 2.28.